The normalized spacial score (nSPS) is 30.0. The summed E-state index contributed by atoms with van der Waals surface area (Å²) in [4.78, 5) is 0. The van der Waals surface area contributed by atoms with Crippen molar-refractivity contribution in [3.8, 4) is 0 Å². The van der Waals surface area contributed by atoms with Crippen LogP contribution in [0.4, 0.5) is 0 Å². The van der Waals surface area contributed by atoms with E-state index in [2.05, 4.69) is 12.2 Å². The van der Waals surface area contributed by atoms with Gasteiger partial charge >= 0.3 is 5.90 Å². The number of thiocarbonyl (C=S) groups is 1. The number of morpholine rings is 1. The first-order valence-corrected chi connectivity index (χ1v) is 4.51. The van der Waals surface area contributed by atoms with Gasteiger partial charge in [0, 0.05) is 0 Å². The van der Waals surface area contributed by atoms with Crippen LogP contribution in [0.25, 0.3) is 0 Å². The van der Waals surface area contributed by atoms with Crippen molar-refractivity contribution >= 4 is 23.5 Å². The second-order valence-electron chi connectivity index (χ2n) is 3.12. The Morgan fingerprint density at radius 1 is 1.50 bits per heavy atom. The van der Waals surface area contributed by atoms with Gasteiger partial charge in [-0.25, -0.2) is 0 Å². The van der Waals surface area contributed by atoms with Gasteiger partial charge in [0.25, 0.3) is 0 Å². The summed E-state index contributed by atoms with van der Waals surface area (Å²) in [6, 6.07) is 0.404. The predicted molar refractivity (Wildman–Crippen MR) is 51.3 cm³/mol. The highest BCUT2D eigenvalue weighted by Crippen LogP contribution is 2.06. The standard InChI is InChI=1S/C8H13NO2S/c1-6-3-11-4-7(2)9(6)8(10)5-12/h5-7H,3-4H2,1-2H3/p+1. The molecule has 0 aromatic carbocycles. The average Bonchev–Trinajstić information content (AvgIpc) is 2.03. The van der Waals surface area contributed by atoms with Crippen LogP contribution in [0.1, 0.15) is 13.8 Å². The Balaban J connectivity index is 2.89. The highest BCUT2D eigenvalue weighted by molar-refractivity contribution is 7.80. The molecule has 4 heteroatoms. The molecule has 0 aliphatic carbocycles. The van der Waals surface area contributed by atoms with E-state index < -0.39 is 0 Å². The van der Waals surface area contributed by atoms with Gasteiger partial charge in [0.05, 0.1) is 0 Å². The summed E-state index contributed by atoms with van der Waals surface area (Å²) in [6.07, 6.45) is 0. The zero-order valence-electron chi connectivity index (χ0n) is 7.36. The zero-order chi connectivity index (χ0) is 9.14. The highest BCUT2D eigenvalue weighted by atomic mass is 32.1. The third kappa shape index (κ3) is 1.81. The van der Waals surface area contributed by atoms with Crippen molar-refractivity contribution in [2.24, 2.45) is 0 Å². The molecule has 0 aromatic rings. The van der Waals surface area contributed by atoms with Gasteiger partial charge in [-0.2, -0.15) is 4.58 Å². The van der Waals surface area contributed by atoms with Gasteiger partial charge in [-0.3, -0.25) is 0 Å². The van der Waals surface area contributed by atoms with E-state index in [9.17, 15) is 5.11 Å². The Morgan fingerprint density at radius 2 is 2.00 bits per heavy atom. The van der Waals surface area contributed by atoms with E-state index in [0.717, 1.165) is 0 Å². The minimum Gasteiger partial charge on any atom is -0.460 e. The maximum atomic E-state index is 9.45. The minimum absolute atomic E-state index is 0.174. The number of nitrogens with zero attached hydrogens (tertiary/aromatic N) is 1. The van der Waals surface area contributed by atoms with Crippen molar-refractivity contribution in [1.82, 2.24) is 0 Å². The first-order valence-electron chi connectivity index (χ1n) is 4.04. The molecule has 2 unspecified atom stereocenters. The molecule has 0 saturated carbocycles. The summed E-state index contributed by atoms with van der Waals surface area (Å²) >= 11 is 4.67. The lowest BCUT2D eigenvalue weighted by Crippen LogP contribution is -2.46. The van der Waals surface area contributed by atoms with Crippen molar-refractivity contribution in [1.29, 1.82) is 0 Å². The summed E-state index contributed by atoms with van der Waals surface area (Å²) in [5.41, 5.74) is 0. The summed E-state index contributed by atoms with van der Waals surface area (Å²) in [6.45, 7) is 5.31. The molecule has 0 spiro atoms. The lowest BCUT2D eigenvalue weighted by molar-refractivity contribution is -0.620. The van der Waals surface area contributed by atoms with Crippen molar-refractivity contribution in [3.63, 3.8) is 0 Å². The SMILES string of the molecule is CC1COCC(C)[N+]1=C(O)C=S. The van der Waals surface area contributed by atoms with E-state index in [0.29, 0.717) is 13.2 Å². The zero-order valence-corrected chi connectivity index (χ0v) is 8.17. The molecule has 1 aliphatic rings. The van der Waals surface area contributed by atoms with Crippen molar-refractivity contribution in [2.45, 2.75) is 25.9 Å². The summed E-state index contributed by atoms with van der Waals surface area (Å²) < 4.78 is 7.19. The van der Waals surface area contributed by atoms with Gasteiger partial charge in [0.1, 0.15) is 18.6 Å². The lowest BCUT2D eigenvalue weighted by Gasteiger charge is -2.23. The molecule has 0 bridgehead atoms. The molecular weight excluding hydrogens is 174 g/mol. The van der Waals surface area contributed by atoms with Crippen LogP contribution in [0.3, 0.4) is 0 Å². The van der Waals surface area contributed by atoms with Crippen LogP contribution in [-0.2, 0) is 4.74 Å². The molecule has 1 rings (SSSR count). The molecule has 2 atom stereocenters. The highest BCUT2D eigenvalue weighted by Gasteiger charge is 2.31. The molecule has 68 valence electrons. The second kappa shape index (κ2) is 3.96. The monoisotopic (exact) mass is 188 g/mol. The molecule has 3 nitrogen and oxygen atoms in total. The fourth-order valence-electron chi connectivity index (χ4n) is 1.52. The van der Waals surface area contributed by atoms with E-state index in [1.807, 2.05) is 18.4 Å². The first-order chi connectivity index (χ1) is 5.66. The Hall–Kier alpha value is -0.480. The third-order valence-electron chi connectivity index (χ3n) is 2.04. The van der Waals surface area contributed by atoms with E-state index >= 15 is 0 Å². The molecule has 12 heavy (non-hydrogen) atoms. The van der Waals surface area contributed by atoms with Crippen LogP contribution < -0.4 is 0 Å². The quantitative estimate of drug-likeness (QED) is 0.374. The van der Waals surface area contributed by atoms with Gasteiger partial charge in [0.2, 0.25) is 0 Å². The number of rotatable bonds is 1. The molecule has 0 radical (unpaired) electrons. The summed E-state index contributed by atoms with van der Waals surface area (Å²) in [5.74, 6) is 0.174. The van der Waals surface area contributed by atoms with Crippen LogP contribution in [0.5, 0.6) is 0 Å². The van der Waals surface area contributed by atoms with Crippen molar-refractivity contribution in [2.75, 3.05) is 13.2 Å². The fourth-order valence-corrected chi connectivity index (χ4v) is 1.64. The Labute approximate surface area is 77.7 Å². The van der Waals surface area contributed by atoms with Crippen LogP contribution >= 0.6 is 12.2 Å². The Morgan fingerprint density at radius 3 is 2.42 bits per heavy atom. The molecule has 1 saturated heterocycles. The summed E-state index contributed by atoms with van der Waals surface area (Å²) in [5, 5.41) is 10.8. The predicted octanol–water partition coefficient (Wildman–Crippen LogP) is 0.762. The molecular formula is C8H14NO2S+. The van der Waals surface area contributed by atoms with Crippen LogP contribution in [0, 0.1) is 0 Å². The van der Waals surface area contributed by atoms with Gasteiger partial charge < -0.3 is 9.84 Å². The van der Waals surface area contributed by atoms with Crippen LogP contribution in [0.15, 0.2) is 0 Å². The van der Waals surface area contributed by atoms with E-state index in [1.165, 1.54) is 5.37 Å². The van der Waals surface area contributed by atoms with Crippen LogP contribution in [-0.4, -0.2) is 46.2 Å². The van der Waals surface area contributed by atoms with Gasteiger partial charge in [0.15, 0.2) is 12.1 Å². The first kappa shape index (κ1) is 9.61. The van der Waals surface area contributed by atoms with E-state index in [1.54, 1.807) is 0 Å². The lowest BCUT2D eigenvalue weighted by atomic mass is 10.2. The van der Waals surface area contributed by atoms with Crippen molar-refractivity contribution in [3.05, 3.63) is 0 Å². The Kier molecular flexibility index (Phi) is 3.17. The fraction of sp³-hybridized carbons (Fsp3) is 0.750. The van der Waals surface area contributed by atoms with Gasteiger partial charge in [-0.15, -0.1) is 0 Å². The smallest absolute Gasteiger partial charge is 0.371 e. The third-order valence-corrected chi connectivity index (χ3v) is 2.25. The Bertz CT molecular complexity index is 203. The van der Waals surface area contributed by atoms with Gasteiger partial charge in [-0.05, 0) is 13.8 Å². The topological polar surface area (TPSA) is 32.5 Å². The number of ether oxygens (including phenoxy) is 1. The second-order valence-corrected chi connectivity index (χ2v) is 3.35. The number of aliphatic hydroxyl groups is 1. The van der Waals surface area contributed by atoms with Gasteiger partial charge in [-0.1, -0.05) is 12.2 Å². The maximum absolute atomic E-state index is 9.45. The minimum atomic E-state index is 0.174. The number of hydrogen-bond donors (Lipinski definition) is 1. The van der Waals surface area contributed by atoms with Crippen LogP contribution in [0.2, 0.25) is 0 Å². The maximum Gasteiger partial charge on any atom is 0.371 e. The summed E-state index contributed by atoms with van der Waals surface area (Å²) in [7, 11) is 0. The van der Waals surface area contributed by atoms with E-state index in [4.69, 9.17) is 4.74 Å². The molecule has 1 N–H and O–H groups in total. The number of hydrogen-bond acceptors (Lipinski definition) is 2. The molecule has 0 amide bonds. The molecule has 1 heterocycles. The van der Waals surface area contributed by atoms with Crippen molar-refractivity contribution < 1.29 is 14.4 Å². The van der Waals surface area contributed by atoms with E-state index in [-0.39, 0.29) is 18.0 Å². The molecule has 1 fully saturated rings. The average molecular weight is 188 g/mol. The largest absolute Gasteiger partial charge is 0.460 e. The molecule has 0 aromatic heterocycles. The molecule has 1 aliphatic heterocycles. The number of aliphatic hydroxyl groups excluding tert-OH is 1.